The van der Waals surface area contributed by atoms with Gasteiger partial charge in [-0.15, -0.1) is 0 Å². The summed E-state index contributed by atoms with van der Waals surface area (Å²) in [5.74, 6) is 0. The Hall–Kier alpha value is -0.570. The summed E-state index contributed by atoms with van der Waals surface area (Å²) in [6.07, 6.45) is 4.89. The highest BCUT2D eigenvalue weighted by atomic mass is 35.5. The molecule has 0 aliphatic rings. The van der Waals surface area contributed by atoms with Crippen LogP contribution in [-0.2, 0) is 4.74 Å². The van der Waals surface area contributed by atoms with Crippen LogP contribution in [0.25, 0.3) is 0 Å². The number of ether oxygens (including phenoxy) is 1. The highest BCUT2D eigenvalue weighted by molar-refractivity contribution is 6.31. The van der Waals surface area contributed by atoms with Crippen LogP contribution in [0.4, 0.5) is 0 Å². The van der Waals surface area contributed by atoms with E-state index in [1.165, 1.54) is 19.3 Å². The van der Waals surface area contributed by atoms with Crippen molar-refractivity contribution in [2.24, 2.45) is 0 Å². The van der Waals surface area contributed by atoms with Gasteiger partial charge in [0.25, 0.3) is 0 Å². The second-order valence-electron chi connectivity index (χ2n) is 6.57. The molecule has 1 aromatic rings. The number of nitrogens with one attached hydrogen (secondary N) is 1. The standard InChI is InChI=1S/C18H30ClNO/c1-5-6-7-10-13-21-17(14-20-18(2,3)4)15-11-8-9-12-16(15)19/h8-9,11-12,17,20H,5-7,10,13-14H2,1-4H3. The molecule has 0 fully saturated rings. The van der Waals surface area contributed by atoms with Crippen LogP contribution in [-0.4, -0.2) is 18.7 Å². The Labute approximate surface area is 135 Å². The number of benzene rings is 1. The van der Waals surface area contributed by atoms with Crippen molar-refractivity contribution in [1.29, 1.82) is 0 Å². The molecule has 3 heteroatoms. The summed E-state index contributed by atoms with van der Waals surface area (Å²) in [5.41, 5.74) is 1.15. The molecule has 0 radical (unpaired) electrons. The Morgan fingerprint density at radius 3 is 2.48 bits per heavy atom. The van der Waals surface area contributed by atoms with Crippen molar-refractivity contribution in [3.63, 3.8) is 0 Å². The minimum atomic E-state index is 0.0135. The molecule has 1 atom stereocenters. The molecule has 0 saturated carbocycles. The zero-order valence-electron chi connectivity index (χ0n) is 13.9. The lowest BCUT2D eigenvalue weighted by Crippen LogP contribution is -2.39. The Bertz CT molecular complexity index is 400. The molecule has 0 amide bonds. The van der Waals surface area contributed by atoms with E-state index in [0.717, 1.165) is 30.2 Å². The van der Waals surface area contributed by atoms with Gasteiger partial charge >= 0.3 is 0 Å². The predicted molar refractivity (Wildman–Crippen MR) is 92.0 cm³/mol. The molecule has 1 aromatic carbocycles. The first kappa shape index (κ1) is 18.5. The maximum Gasteiger partial charge on any atom is 0.0963 e. The summed E-state index contributed by atoms with van der Waals surface area (Å²) >= 11 is 6.32. The van der Waals surface area contributed by atoms with E-state index in [9.17, 15) is 0 Å². The van der Waals surface area contributed by atoms with E-state index >= 15 is 0 Å². The molecule has 1 rings (SSSR count). The largest absolute Gasteiger partial charge is 0.372 e. The van der Waals surface area contributed by atoms with Gasteiger partial charge in [-0.25, -0.2) is 0 Å². The van der Waals surface area contributed by atoms with Crippen LogP contribution in [0.3, 0.4) is 0 Å². The first-order valence-corrected chi connectivity index (χ1v) is 8.43. The van der Waals surface area contributed by atoms with Gasteiger partial charge < -0.3 is 10.1 Å². The van der Waals surface area contributed by atoms with E-state index in [-0.39, 0.29) is 11.6 Å². The monoisotopic (exact) mass is 311 g/mol. The van der Waals surface area contributed by atoms with Crippen molar-refractivity contribution in [1.82, 2.24) is 5.32 Å². The maximum atomic E-state index is 6.32. The molecule has 0 aliphatic carbocycles. The van der Waals surface area contributed by atoms with E-state index in [1.807, 2.05) is 18.2 Å². The number of rotatable bonds is 9. The molecular formula is C18H30ClNO. The maximum absolute atomic E-state index is 6.32. The van der Waals surface area contributed by atoms with Crippen molar-refractivity contribution >= 4 is 11.6 Å². The Morgan fingerprint density at radius 1 is 1.14 bits per heavy atom. The van der Waals surface area contributed by atoms with Crippen LogP contribution in [0.2, 0.25) is 5.02 Å². The van der Waals surface area contributed by atoms with Gasteiger partial charge in [-0.1, -0.05) is 56.0 Å². The van der Waals surface area contributed by atoms with Crippen LogP contribution in [0, 0.1) is 0 Å². The predicted octanol–water partition coefficient (Wildman–Crippen LogP) is 5.37. The fourth-order valence-electron chi connectivity index (χ4n) is 2.15. The smallest absolute Gasteiger partial charge is 0.0963 e. The average molecular weight is 312 g/mol. The van der Waals surface area contributed by atoms with Crippen LogP contribution in [0.15, 0.2) is 24.3 Å². The molecule has 0 aliphatic heterocycles. The summed E-state index contributed by atoms with van der Waals surface area (Å²) in [4.78, 5) is 0. The normalized spacial score (nSPS) is 13.4. The van der Waals surface area contributed by atoms with Crippen LogP contribution in [0.5, 0.6) is 0 Å². The molecule has 0 heterocycles. The summed E-state index contributed by atoms with van der Waals surface area (Å²) in [6, 6.07) is 7.97. The van der Waals surface area contributed by atoms with Gasteiger partial charge in [0, 0.05) is 29.3 Å². The van der Waals surface area contributed by atoms with Gasteiger partial charge in [-0.05, 0) is 33.3 Å². The van der Waals surface area contributed by atoms with Gasteiger partial charge in [0.15, 0.2) is 0 Å². The first-order chi connectivity index (χ1) is 9.94. The fourth-order valence-corrected chi connectivity index (χ4v) is 2.41. The minimum Gasteiger partial charge on any atom is -0.372 e. The first-order valence-electron chi connectivity index (χ1n) is 8.05. The van der Waals surface area contributed by atoms with Crippen molar-refractivity contribution < 1.29 is 4.74 Å². The third-order valence-corrected chi connectivity index (χ3v) is 3.73. The lowest BCUT2D eigenvalue weighted by Gasteiger charge is -2.26. The van der Waals surface area contributed by atoms with Crippen molar-refractivity contribution in [2.75, 3.05) is 13.2 Å². The SMILES string of the molecule is CCCCCCOC(CNC(C)(C)C)c1ccccc1Cl. The Kier molecular flexibility index (Phi) is 8.31. The lowest BCUT2D eigenvalue weighted by molar-refractivity contribution is 0.0457. The Morgan fingerprint density at radius 2 is 1.86 bits per heavy atom. The van der Waals surface area contributed by atoms with E-state index in [2.05, 4.69) is 39.1 Å². The minimum absolute atomic E-state index is 0.0135. The van der Waals surface area contributed by atoms with Gasteiger partial charge in [-0.3, -0.25) is 0 Å². The van der Waals surface area contributed by atoms with Crippen molar-refractivity contribution in [2.45, 2.75) is 65.0 Å². The summed E-state index contributed by atoms with van der Waals surface area (Å²) in [5, 5.41) is 4.30. The Balaban J connectivity index is 2.60. The topological polar surface area (TPSA) is 21.3 Å². The molecule has 1 N–H and O–H groups in total. The number of unbranched alkanes of at least 4 members (excludes halogenated alkanes) is 3. The van der Waals surface area contributed by atoms with E-state index in [1.54, 1.807) is 0 Å². The molecule has 0 bridgehead atoms. The molecule has 0 aromatic heterocycles. The third kappa shape index (κ3) is 7.85. The summed E-state index contributed by atoms with van der Waals surface area (Å²) in [7, 11) is 0. The van der Waals surface area contributed by atoms with E-state index < -0.39 is 0 Å². The quantitative estimate of drug-likeness (QED) is 0.619. The highest BCUT2D eigenvalue weighted by Gasteiger charge is 2.18. The zero-order valence-corrected chi connectivity index (χ0v) is 14.7. The summed E-state index contributed by atoms with van der Waals surface area (Å²) < 4.78 is 6.10. The highest BCUT2D eigenvalue weighted by Crippen LogP contribution is 2.26. The van der Waals surface area contributed by atoms with Crippen LogP contribution < -0.4 is 5.32 Å². The number of hydrogen-bond donors (Lipinski definition) is 1. The molecule has 120 valence electrons. The van der Waals surface area contributed by atoms with Gasteiger partial charge in [0.05, 0.1) is 6.10 Å². The molecule has 21 heavy (non-hydrogen) atoms. The zero-order chi connectivity index (χ0) is 15.7. The van der Waals surface area contributed by atoms with Gasteiger partial charge in [-0.2, -0.15) is 0 Å². The fraction of sp³-hybridized carbons (Fsp3) is 0.667. The number of hydrogen-bond acceptors (Lipinski definition) is 2. The second-order valence-corrected chi connectivity index (χ2v) is 6.98. The summed E-state index contributed by atoms with van der Waals surface area (Å²) in [6.45, 7) is 10.3. The molecule has 2 nitrogen and oxygen atoms in total. The molecular weight excluding hydrogens is 282 g/mol. The average Bonchev–Trinajstić information content (AvgIpc) is 2.42. The van der Waals surface area contributed by atoms with Crippen LogP contribution >= 0.6 is 11.6 Å². The molecule has 1 unspecified atom stereocenters. The molecule has 0 spiro atoms. The van der Waals surface area contributed by atoms with Crippen molar-refractivity contribution in [3.05, 3.63) is 34.9 Å². The number of halogens is 1. The van der Waals surface area contributed by atoms with E-state index in [0.29, 0.717) is 0 Å². The van der Waals surface area contributed by atoms with Gasteiger partial charge in [0.2, 0.25) is 0 Å². The third-order valence-electron chi connectivity index (χ3n) is 3.39. The van der Waals surface area contributed by atoms with Crippen LogP contribution in [0.1, 0.15) is 65.0 Å². The van der Waals surface area contributed by atoms with Gasteiger partial charge in [0.1, 0.15) is 0 Å². The molecule has 0 saturated heterocycles. The van der Waals surface area contributed by atoms with Crippen molar-refractivity contribution in [3.8, 4) is 0 Å². The second kappa shape index (κ2) is 9.45. The van der Waals surface area contributed by atoms with E-state index in [4.69, 9.17) is 16.3 Å². The lowest BCUT2D eigenvalue weighted by atomic mass is 10.1.